The van der Waals surface area contributed by atoms with Gasteiger partial charge in [-0.05, 0) is 83.5 Å². The molecular formula is C29H36N3O6-. The van der Waals surface area contributed by atoms with Crippen molar-refractivity contribution in [2.75, 3.05) is 41.3 Å². The molecule has 0 saturated heterocycles. The molecule has 0 aliphatic carbocycles. The number of rotatable bonds is 10. The van der Waals surface area contributed by atoms with E-state index in [1.54, 1.807) is 39.8 Å². The number of hydrogen-bond acceptors (Lipinski definition) is 9. The molecule has 0 unspecified atom stereocenters. The lowest BCUT2D eigenvalue weighted by atomic mass is 9.79. The standard InChI is InChI=1S/C29H36N3O6/c1-7-30(8-2)22-14-16-23(17-15-22)31-19(5)25(28(33)37-9-3)27(26(20(31)6)29(34)38-10-4)21-12-11-13-24(18-21)32(35)36/h11-18,27,35H,7-10H2,1-6H3/q-1. The Bertz CT molecular complexity index is 1170. The summed E-state index contributed by atoms with van der Waals surface area (Å²) in [6.07, 6.45) is 0. The van der Waals surface area contributed by atoms with Crippen LogP contribution >= 0.6 is 0 Å². The largest absolute Gasteiger partial charge is 0.733 e. The highest BCUT2D eigenvalue weighted by Crippen LogP contribution is 2.45. The number of anilines is 3. The van der Waals surface area contributed by atoms with Crippen LogP contribution in [-0.2, 0) is 19.1 Å². The second-order valence-electron chi connectivity index (χ2n) is 8.76. The van der Waals surface area contributed by atoms with Crippen LogP contribution in [0, 0.1) is 5.21 Å². The number of esters is 2. The first kappa shape index (κ1) is 28.7. The molecule has 0 spiro atoms. The van der Waals surface area contributed by atoms with E-state index in [9.17, 15) is 20.0 Å². The smallest absolute Gasteiger partial charge is 0.336 e. The average molecular weight is 523 g/mol. The molecule has 0 amide bonds. The highest BCUT2D eigenvalue weighted by Gasteiger charge is 2.41. The predicted octanol–water partition coefficient (Wildman–Crippen LogP) is 5.50. The van der Waals surface area contributed by atoms with Gasteiger partial charge in [-0.25, -0.2) is 9.59 Å². The maximum absolute atomic E-state index is 13.4. The van der Waals surface area contributed by atoms with Gasteiger partial charge in [0.05, 0.1) is 36.0 Å². The van der Waals surface area contributed by atoms with E-state index in [1.807, 2.05) is 29.2 Å². The normalized spacial score (nSPS) is 14.1. The minimum Gasteiger partial charge on any atom is -0.733 e. The molecule has 1 aliphatic rings. The zero-order valence-corrected chi connectivity index (χ0v) is 22.9. The maximum atomic E-state index is 13.4. The molecule has 9 heteroatoms. The first-order valence-electron chi connectivity index (χ1n) is 12.9. The minimum absolute atomic E-state index is 0.0290. The highest BCUT2D eigenvalue weighted by molar-refractivity contribution is 6.01. The molecule has 1 N–H and O–H groups in total. The predicted molar refractivity (Wildman–Crippen MR) is 148 cm³/mol. The topological polar surface area (TPSA) is 106 Å². The van der Waals surface area contributed by atoms with Crippen molar-refractivity contribution in [2.24, 2.45) is 0 Å². The van der Waals surface area contributed by atoms with E-state index in [2.05, 4.69) is 18.7 Å². The zero-order valence-electron chi connectivity index (χ0n) is 22.9. The SMILES string of the molecule is CCOC(=O)C1=C(C)N(c2ccc(N(CC)CC)cc2)C(C)=C(C(=O)OCC)C1c1cccc(N([O-])O)c1. The molecule has 0 aromatic heterocycles. The number of hydrogen-bond donors (Lipinski definition) is 1. The first-order chi connectivity index (χ1) is 18.2. The summed E-state index contributed by atoms with van der Waals surface area (Å²) in [6, 6.07) is 14.1. The summed E-state index contributed by atoms with van der Waals surface area (Å²) >= 11 is 0. The van der Waals surface area contributed by atoms with Crippen molar-refractivity contribution in [3.8, 4) is 0 Å². The van der Waals surface area contributed by atoms with Crippen LogP contribution < -0.4 is 15.0 Å². The Morgan fingerprint density at radius 2 is 1.39 bits per heavy atom. The Morgan fingerprint density at radius 1 is 0.868 bits per heavy atom. The van der Waals surface area contributed by atoms with E-state index in [0.29, 0.717) is 17.0 Å². The van der Waals surface area contributed by atoms with Crippen LogP contribution in [0.1, 0.15) is 53.0 Å². The van der Waals surface area contributed by atoms with Gasteiger partial charge in [0, 0.05) is 35.9 Å². The van der Waals surface area contributed by atoms with E-state index in [4.69, 9.17) is 9.47 Å². The lowest BCUT2D eigenvalue weighted by Gasteiger charge is -2.38. The van der Waals surface area contributed by atoms with Crippen molar-refractivity contribution in [3.63, 3.8) is 0 Å². The van der Waals surface area contributed by atoms with E-state index < -0.39 is 17.9 Å². The van der Waals surface area contributed by atoms with Crippen molar-refractivity contribution in [2.45, 2.75) is 47.5 Å². The van der Waals surface area contributed by atoms with Crippen LogP contribution in [0.3, 0.4) is 0 Å². The Kier molecular flexibility index (Phi) is 9.55. The van der Waals surface area contributed by atoms with Crippen LogP contribution in [0.15, 0.2) is 71.1 Å². The fourth-order valence-corrected chi connectivity index (χ4v) is 4.95. The fraction of sp³-hybridized carbons (Fsp3) is 0.379. The summed E-state index contributed by atoms with van der Waals surface area (Å²) in [5.41, 5.74) is 3.95. The summed E-state index contributed by atoms with van der Waals surface area (Å²) in [4.78, 5) is 30.9. The molecule has 0 atom stereocenters. The van der Waals surface area contributed by atoms with Gasteiger partial charge in [-0.3, -0.25) is 5.21 Å². The molecule has 0 saturated carbocycles. The minimum atomic E-state index is -0.876. The van der Waals surface area contributed by atoms with Crippen molar-refractivity contribution in [3.05, 3.63) is 81.8 Å². The van der Waals surface area contributed by atoms with Gasteiger partial charge in [0.2, 0.25) is 0 Å². The summed E-state index contributed by atoms with van der Waals surface area (Å²) in [7, 11) is 0. The number of allylic oxidation sites excluding steroid dienone is 2. The number of nitrogens with zero attached hydrogens (tertiary/aromatic N) is 3. The maximum Gasteiger partial charge on any atom is 0.336 e. The van der Waals surface area contributed by atoms with Crippen LogP contribution in [0.5, 0.6) is 0 Å². The van der Waals surface area contributed by atoms with Gasteiger partial charge in [0.15, 0.2) is 0 Å². The third-order valence-electron chi connectivity index (χ3n) is 6.68. The van der Waals surface area contributed by atoms with Gasteiger partial charge in [-0.2, -0.15) is 0 Å². The van der Waals surface area contributed by atoms with Gasteiger partial charge < -0.3 is 29.7 Å². The Labute approximate surface area is 224 Å². The molecular weight excluding hydrogens is 486 g/mol. The monoisotopic (exact) mass is 522 g/mol. The average Bonchev–Trinajstić information content (AvgIpc) is 2.90. The summed E-state index contributed by atoms with van der Waals surface area (Å²) < 4.78 is 10.9. The van der Waals surface area contributed by atoms with Crippen LogP contribution in [0.4, 0.5) is 17.1 Å². The van der Waals surface area contributed by atoms with E-state index in [-0.39, 0.29) is 35.3 Å². The summed E-state index contributed by atoms with van der Waals surface area (Å²) in [5.74, 6) is -2.04. The van der Waals surface area contributed by atoms with Gasteiger partial charge in [0.25, 0.3) is 0 Å². The van der Waals surface area contributed by atoms with Gasteiger partial charge in [-0.15, -0.1) is 0 Å². The second-order valence-corrected chi connectivity index (χ2v) is 8.76. The lowest BCUT2D eigenvalue weighted by Crippen LogP contribution is -2.35. The summed E-state index contributed by atoms with van der Waals surface area (Å²) in [5, 5.41) is 20.9. The molecule has 204 valence electrons. The molecule has 9 nitrogen and oxygen atoms in total. The Balaban J connectivity index is 2.28. The zero-order chi connectivity index (χ0) is 28.0. The third kappa shape index (κ3) is 5.69. The highest BCUT2D eigenvalue weighted by atomic mass is 16.8. The molecule has 1 heterocycles. The van der Waals surface area contributed by atoms with Crippen LogP contribution in [0.25, 0.3) is 0 Å². The van der Waals surface area contributed by atoms with Crippen molar-refractivity contribution in [1.82, 2.24) is 0 Å². The second kappa shape index (κ2) is 12.6. The molecule has 38 heavy (non-hydrogen) atoms. The summed E-state index contributed by atoms with van der Waals surface area (Å²) in [6.45, 7) is 13.2. The number of benzene rings is 2. The van der Waals surface area contributed by atoms with E-state index in [0.717, 1.165) is 24.5 Å². The van der Waals surface area contributed by atoms with Crippen LogP contribution in [-0.4, -0.2) is 43.4 Å². The van der Waals surface area contributed by atoms with Crippen molar-refractivity contribution < 1.29 is 24.3 Å². The van der Waals surface area contributed by atoms with Crippen LogP contribution in [0.2, 0.25) is 0 Å². The number of ether oxygens (including phenoxy) is 2. The molecule has 0 radical (unpaired) electrons. The van der Waals surface area contributed by atoms with Crippen molar-refractivity contribution >= 4 is 29.0 Å². The van der Waals surface area contributed by atoms with Gasteiger partial charge in [0.1, 0.15) is 0 Å². The van der Waals surface area contributed by atoms with Gasteiger partial charge in [-0.1, -0.05) is 12.1 Å². The molecule has 2 aromatic carbocycles. The lowest BCUT2D eigenvalue weighted by molar-refractivity contribution is -0.139. The molecule has 3 rings (SSSR count). The third-order valence-corrected chi connectivity index (χ3v) is 6.68. The first-order valence-corrected chi connectivity index (χ1v) is 12.9. The molecule has 1 aliphatic heterocycles. The number of carbonyl (C=O) groups is 2. The molecule has 2 aromatic rings. The fourth-order valence-electron chi connectivity index (χ4n) is 4.95. The number of carbonyl (C=O) groups excluding carboxylic acids is 2. The molecule has 0 fully saturated rings. The van der Waals surface area contributed by atoms with E-state index >= 15 is 0 Å². The quantitative estimate of drug-likeness (QED) is 0.320. The van der Waals surface area contributed by atoms with Crippen molar-refractivity contribution in [1.29, 1.82) is 0 Å². The van der Waals surface area contributed by atoms with E-state index in [1.165, 1.54) is 12.1 Å². The van der Waals surface area contributed by atoms with Gasteiger partial charge >= 0.3 is 11.9 Å². The Morgan fingerprint density at radius 3 is 1.84 bits per heavy atom. The molecule has 0 bridgehead atoms. The Hall–Kier alpha value is -3.82.